The monoisotopic (exact) mass is 258 g/mol. The fourth-order valence-corrected chi connectivity index (χ4v) is 2.29. The average Bonchev–Trinajstić information content (AvgIpc) is 2.62. The predicted octanol–water partition coefficient (Wildman–Crippen LogP) is 2.73. The standard InChI is InChI=1S/C15H22N4/c1-11(2)19(10-13-8-6-5-7-9-13)15-14(16)12(3)17-18(15)4/h5-9,11H,10,16H2,1-4H3. The van der Waals surface area contributed by atoms with Crippen LogP contribution in [0, 0.1) is 6.92 Å². The van der Waals surface area contributed by atoms with E-state index in [2.05, 4.69) is 48.1 Å². The van der Waals surface area contributed by atoms with E-state index in [1.54, 1.807) is 0 Å². The van der Waals surface area contributed by atoms with E-state index in [0.717, 1.165) is 23.7 Å². The van der Waals surface area contributed by atoms with E-state index in [9.17, 15) is 0 Å². The number of rotatable bonds is 4. The molecule has 0 amide bonds. The van der Waals surface area contributed by atoms with Gasteiger partial charge in [0.15, 0.2) is 5.82 Å². The molecular weight excluding hydrogens is 236 g/mol. The Morgan fingerprint density at radius 1 is 1.26 bits per heavy atom. The summed E-state index contributed by atoms with van der Waals surface area (Å²) in [5.41, 5.74) is 9.10. The van der Waals surface area contributed by atoms with Crippen LogP contribution in [0.15, 0.2) is 30.3 Å². The lowest BCUT2D eigenvalue weighted by Crippen LogP contribution is -2.32. The molecule has 0 unspecified atom stereocenters. The molecule has 1 heterocycles. The van der Waals surface area contributed by atoms with E-state index in [-0.39, 0.29) is 0 Å². The number of benzene rings is 1. The zero-order chi connectivity index (χ0) is 14.0. The van der Waals surface area contributed by atoms with Gasteiger partial charge in [-0.15, -0.1) is 0 Å². The van der Waals surface area contributed by atoms with Gasteiger partial charge >= 0.3 is 0 Å². The quantitative estimate of drug-likeness (QED) is 0.917. The molecule has 0 saturated carbocycles. The largest absolute Gasteiger partial charge is 0.394 e. The highest BCUT2D eigenvalue weighted by Gasteiger charge is 2.19. The van der Waals surface area contributed by atoms with Gasteiger partial charge in [-0.25, -0.2) is 0 Å². The van der Waals surface area contributed by atoms with Gasteiger partial charge in [-0.2, -0.15) is 5.10 Å². The molecule has 0 radical (unpaired) electrons. The minimum atomic E-state index is 0.359. The Hall–Kier alpha value is -1.97. The second kappa shape index (κ2) is 5.34. The Balaban J connectivity index is 2.36. The molecule has 4 nitrogen and oxygen atoms in total. The third-order valence-corrected chi connectivity index (χ3v) is 3.33. The van der Waals surface area contributed by atoms with Crippen LogP contribution < -0.4 is 10.6 Å². The van der Waals surface area contributed by atoms with Gasteiger partial charge in [0.1, 0.15) is 0 Å². The second-order valence-corrected chi connectivity index (χ2v) is 5.15. The van der Waals surface area contributed by atoms with Gasteiger partial charge in [0.05, 0.1) is 11.4 Å². The number of nitrogens with two attached hydrogens (primary N) is 1. The predicted molar refractivity (Wildman–Crippen MR) is 80.1 cm³/mol. The summed E-state index contributed by atoms with van der Waals surface area (Å²) >= 11 is 0. The van der Waals surface area contributed by atoms with Crippen molar-refractivity contribution < 1.29 is 0 Å². The SMILES string of the molecule is Cc1nn(C)c(N(Cc2ccccc2)C(C)C)c1N. The first-order chi connectivity index (χ1) is 9.00. The maximum absolute atomic E-state index is 6.17. The summed E-state index contributed by atoms with van der Waals surface area (Å²) in [7, 11) is 1.94. The Morgan fingerprint density at radius 2 is 1.89 bits per heavy atom. The number of hydrogen-bond acceptors (Lipinski definition) is 3. The van der Waals surface area contributed by atoms with E-state index < -0.39 is 0 Å². The summed E-state index contributed by atoms with van der Waals surface area (Å²) in [6.07, 6.45) is 0. The topological polar surface area (TPSA) is 47.1 Å². The molecule has 1 aromatic carbocycles. The normalized spacial score (nSPS) is 11.0. The fraction of sp³-hybridized carbons (Fsp3) is 0.400. The summed E-state index contributed by atoms with van der Waals surface area (Å²) in [4.78, 5) is 2.28. The van der Waals surface area contributed by atoms with Crippen LogP contribution in [0.5, 0.6) is 0 Å². The Morgan fingerprint density at radius 3 is 2.37 bits per heavy atom. The molecule has 0 fully saturated rings. The molecule has 19 heavy (non-hydrogen) atoms. The molecule has 0 atom stereocenters. The Kier molecular flexibility index (Phi) is 3.79. The lowest BCUT2D eigenvalue weighted by atomic mass is 10.2. The van der Waals surface area contributed by atoms with Crippen LogP contribution in [0.3, 0.4) is 0 Å². The number of aromatic nitrogens is 2. The average molecular weight is 258 g/mol. The van der Waals surface area contributed by atoms with E-state index in [0.29, 0.717) is 6.04 Å². The number of anilines is 2. The van der Waals surface area contributed by atoms with Crippen molar-refractivity contribution in [1.29, 1.82) is 0 Å². The first-order valence-electron chi connectivity index (χ1n) is 6.60. The van der Waals surface area contributed by atoms with Crippen LogP contribution in [0.1, 0.15) is 25.1 Å². The highest BCUT2D eigenvalue weighted by molar-refractivity contribution is 5.66. The zero-order valence-electron chi connectivity index (χ0n) is 12.1. The summed E-state index contributed by atoms with van der Waals surface area (Å²) in [5, 5.41) is 4.41. The minimum absolute atomic E-state index is 0.359. The molecule has 0 bridgehead atoms. The van der Waals surface area contributed by atoms with Crippen molar-refractivity contribution in [3.05, 3.63) is 41.6 Å². The number of aryl methyl sites for hydroxylation is 2. The van der Waals surface area contributed by atoms with E-state index in [4.69, 9.17) is 5.73 Å². The van der Waals surface area contributed by atoms with E-state index in [1.165, 1.54) is 5.56 Å². The van der Waals surface area contributed by atoms with Crippen LogP contribution in [0.25, 0.3) is 0 Å². The number of nitrogen functional groups attached to an aromatic ring is 1. The van der Waals surface area contributed by atoms with E-state index >= 15 is 0 Å². The van der Waals surface area contributed by atoms with Gasteiger partial charge in [0, 0.05) is 19.6 Å². The van der Waals surface area contributed by atoms with Gasteiger partial charge in [0.2, 0.25) is 0 Å². The molecule has 0 aliphatic rings. The van der Waals surface area contributed by atoms with Crippen LogP contribution >= 0.6 is 0 Å². The third-order valence-electron chi connectivity index (χ3n) is 3.33. The molecule has 0 spiro atoms. The molecule has 102 valence electrons. The van der Waals surface area contributed by atoms with Gasteiger partial charge in [-0.05, 0) is 26.3 Å². The number of nitrogens with zero attached hydrogens (tertiary/aromatic N) is 3. The summed E-state index contributed by atoms with van der Waals surface area (Å²) < 4.78 is 1.87. The summed E-state index contributed by atoms with van der Waals surface area (Å²) in [6, 6.07) is 10.8. The first kappa shape index (κ1) is 13.5. The summed E-state index contributed by atoms with van der Waals surface area (Å²) in [6.45, 7) is 7.12. The Bertz CT molecular complexity index is 543. The van der Waals surface area contributed by atoms with Crippen molar-refractivity contribution in [1.82, 2.24) is 9.78 Å². The highest BCUT2D eigenvalue weighted by Crippen LogP contribution is 2.28. The molecule has 2 rings (SSSR count). The lowest BCUT2D eigenvalue weighted by Gasteiger charge is -2.29. The molecule has 2 aromatic rings. The fourth-order valence-electron chi connectivity index (χ4n) is 2.29. The van der Waals surface area contributed by atoms with Crippen molar-refractivity contribution in [2.75, 3.05) is 10.6 Å². The first-order valence-corrected chi connectivity index (χ1v) is 6.60. The maximum Gasteiger partial charge on any atom is 0.150 e. The van der Waals surface area contributed by atoms with Crippen LogP contribution in [0.4, 0.5) is 11.5 Å². The molecule has 0 aliphatic heterocycles. The molecule has 0 saturated heterocycles. The zero-order valence-corrected chi connectivity index (χ0v) is 12.1. The minimum Gasteiger partial charge on any atom is -0.394 e. The van der Waals surface area contributed by atoms with Gasteiger partial charge in [-0.1, -0.05) is 30.3 Å². The number of hydrogen-bond donors (Lipinski definition) is 1. The van der Waals surface area contributed by atoms with Crippen molar-refractivity contribution >= 4 is 11.5 Å². The lowest BCUT2D eigenvalue weighted by molar-refractivity contribution is 0.635. The molecule has 1 aromatic heterocycles. The molecule has 2 N–H and O–H groups in total. The molecular formula is C15H22N4. The molecule has 0 aliphatic carbocycles. The van der Waals surface area contributed by atoms with Gasteiger partial charge in [-0.3, -0.25) is 4.68 Å². The summed E-state index contributed by atoms with van der Waals surface area (Å²) in [5.74, 6) is 0.997. The second-order valence-electron chi connectivity index (χ2n) is 5.15. The van der Waals surface area contributed by atoms with Gasteiger partial charge < -0.3 is 10.6 Å². The van der Waals surface area contributed by atoms with Crippen LogP contribution in [-0.2, 0) is 13.6 Å². The van der Waals surface area contributed by atoms with Crippen molar-refractivity contribution in [3.8, 4) is 0 Å². The third kappa shape index (κ3) is 2.72. The van der Waals surface area contributed by atoms with Crippen LogP contribution in [0.2, 0.25) is 0 Å². The highest BCUT2D eigenvalue weighted by atomic mass is 15.4. The molecule has 4 heteroatoms. The smallest absolute Gasteiger partial charge is 0.150 e. The van der Waals surface area contributed by atoms with Crippen molar-refractivity contribution in [3.63, 3.8) is 0 Å². The van der Waals surface area contributed by atoms with Crippen molar-refractivity contribution in [2.24, 2.45) is 7.05 Å². The van der Waals surface area contributed by atoms with Gasteiger partial charge in [0.25, 0.3) is 0 Å². The van der Waals surface area contributed by atoms with E-state index in [1.807, 2.05) is 24.7 Å². The Labute approximate surface area is 114 Å². The maximum atomic E-state index is 6.17. The van der Waals surface area contributed by atoms with Crippen LogP contribution in [-0.4, -0.2) is 15.8 Å². The van der Waals surface area contributed by atoms with Crippen molar-refractivity contribution in [2.45, 2.75) is 33.4 Å².